The maximum absolute atomic E-state index is 12.8. The van der Waals surface area contributed by atoms with Crippen molar-refractivity contribution >= 4 is 45.5 Å². The molecule has 5 rings (SSSR count). The monoisotopic (exact) mass is 479 g/mol. The van der Waals surface area contributed by atoms with Crippen LogP contribution in [0, 0.1) is 0 Å². The third kappa shape index (κ3) is 5.03. The van der Waals surface area contributed by atoms with Crippen LogP contribution in [-0.4, -0.2) is 28.4 Å². The first-order valence-corrected chi connectivity index (χ1v) is 11.9. The van der Waals surface area contributed by atoms with Crippen molar-refractivity contribution in [2.45, 2.75) is 6.61 Å². The molecule has 172 valence electrons. The number of carbonyl (C=O) groups is 3. The van der Waals surface area contributed by atoms with Gasteiger partial charge in [-0.15, -0.1) is 0 Å². The Morgan fingerprint density at radius 3 is 2.34 bits per heavy atom. The molecule has 4 aromatic carbocycles. The SMILES string of the molecule is O=C(CN1C(=O)S/C(=C/c2ccc(OCc3cccc4ccccc34)cc2)C1=O)c1ccccc1. The molecule has 0 spiro atoms. The van der Waals surface area contributed by atoms with E-state index in [2.05, 4.69) is 24.3 Å². The van der Waals surface area contributed by atoms with Crippen molar-refractivity contribution in [3.8, 4) is 5.75 Å². The van der Waals surface area contributed by atoms with Gasteiger partial charge in [-0.2, -0.15) is 0 Å². The second kappa shape index (κ2) is 9.99. The van der Waals surface area contributed by atoms with Crippen LogP contribution in [0.4, 0.5) is 4.79 Å². The third-order valence-corrected chi connectivity index (χ3v) is 6.63. The van der Waals surface area contributed by atoms with E-state index in [-0.39, 0.29) is 12.3 Å². The molecule has 1 aliphatic heterocycles. The first-order chi connectivity index (χ1) is 17.1. The van der Waals surface area contributed by atoms with Gasteiger partial charge in [0.15, 0.2) is 5.78 Å². The summed E-state index contributed by atoms with van der Waals surface area (Å²) in [5.41, 5.74) is 2.34. The second-order valence-electron chi connectivity index (χ2n) is 8.05. The zero-order valence-corrected chi connectivity index (χ0v) is 19.5. The first kappa shape index (κ1) is 22.6. The van der Waals surface area contributed by atoms with Gasteiger partial charge < -0.3 is 4.74 Å². The Morgan fingerprint density at radius 1 is 0.829 bits per heavy atom. The summed E-state index contributed by atoms with van der Waals surface area (Å²) >= 11 is 0.842. The number of thioether (sulfide) groups is 1. The molecule has 1 heterocycles. The lowest BCUT2D eigenvalue weighted by Gasteiger charge is -2.11. The van der Waals surface area contributed by atoms with E-state index >= 15 is 0 Å². The number of imide groups is 1. The zero-order valence-electron chi connectivity index (χ0n) is 18.7. The summed E-state index contributed by atoms with van der Waals surface area (Å²) in [5, 5.41) is 1.89. The first-order valence-electron chi connectivity index (χ1n) is 11.1. The molecular weight excluding hydrogens is 458 g/mol. The molecule has 4 aromatic rings. The molecular formula is C29H21NO4S. The smallest absolute Gasteiger partial charge is 0.293 e. The van der Waals surface area contributed by atoms with Crippen molar-refractivity contribution in [1.82, 2.24) is 4.90 Å². The molecule has 1 aliphatic rings. The van der Waals surface area contributed by atoms with Crippen molar-refractivity contribution in [2.75, 3.05) is 6.54 Å². The third-order valence-electron chi connectivity index (χ3n) is 5.72. The molecule has 0 atom stereocenters. The molecule has 0 aromatic heterocycles. The average Bonchev–Trinajstić information content (AvgIpc) is 3.16. The number of ether oxygens (including phenoxy) is 1. The van der Waals surface area contributed by atoms with Crippen molar-refractivity contribution in [3.05, 3.63) is 119 Å². The standard InChI is InChI=1S/C29H21NO4S/c31-26(22-8-2-1-3-9-22)18-30-28(32)27(35-29(30)33)17-20-13-15-24(16-14-20)34-19-23-11-6-10-21-7-4-5-12-25(21)23/h1-17H,18-19H2/b27-17+. The van der Waals surface area contributed by atoms with E-state index < -0.39 is 11.1 Å². The quantitative estimate of drug-likeness (QED) is 0.229. The molecule has 0 radical (unpaired) electrons. The van der Waals surface area contributed by atoms with E-state index in [0.29, 0.717) is 22.8 Å². The van der Waals surface area contributed by atoms with Crippen molar-refractivity contribution in [1.29, 1.82) is 0 Å². The van der Waals surface area contributed by atoms with E-state index in [1.165, 1.54) is 5.39 Å². The highest BCUT2D eigenvalue weighted by atomic mass is 32.2. The van der Waals surface area contributed by atoms with Crippen LogP contribution >= 0.6 is 11.8 Å². The Balaban J connectivity index is 1.24. The average molecular weight is 480 g/mol. The number of fused-ring (bicyclic) bond motifs is 1. The normalized spacial score (nSPS) is 14.6. The number of rotatable bonds is 7. The molecule has 6 heteroatoms. The van der Waals surface area contributed by atoms with E-state index in [1.54, 1.807) is 36.4 Å². The predicted octanol–water partition coefficient (Wildman–Crippen LogP) is 6.34. The van der Waals surface area contributed by atoms with E-state index in [0.717, 1.165) is 33.2 Å². The minimum atomic E-state index is -0.458. The Kier molecular flexibility index (Phi) is 6.46. The molecule has 0 unspecified atom stereocenters. The van der Waals surface area contributed by atoms with Crippen LogP contribution in [0.5, 0.6) is 5.75 Å². The molecule has 35 heavy (non-hydrogen) atoms. The second-order valence-corrected chi connectivity index (χ2v) is 9.05. The van der Waals surface area contributed by atoms with Gasteiger partial charge in [-0.3, -0.25) is 19.3 Å². The van der Waals surface area contributed by atoms with Gasteiger partial charge in [0.2, 0.25) is 0 Å². The molecule has 0 aliphatic carbocycles. The molecule has 0 N–H and O–H groups in total. The predicted molar refractivity (Wildman–Crippen MR) is 138 cm³/mol. The van der Waals surface area contributed by atoms with Crippen LogP contribution in [0.1, 0.15) is 21.5 Å². The van der Waals surface area contributed by atoms with Gasteiger partial charge in [0.25, 0.3) is 11.1 Å². The summed E-state index contributed by atoms with van der Waals surface area (Å²) in [7, 11) is 0. The maximum atomic E-state index is 12.8. The zero-order chi connectivity index (χ0) is 24.2. The lowest BCUT2D eigenvalue weighted by Crippen LogP contribution is -2.33. The lowest BCUT2D eigenvalue weighted by atomic mass is 10.1. The van der Waals surface area contributed by atoms with E-state index in [4.69, 9.17) is 4.74 Å². The minimum absolute atomic E-state index is 0.271. The Morgan fingerprint density at radius 2 is 1.54 bits per heavy atom. The van der Waals surface area contributed by atoms with Crippen LogP contribution in [-0.2, 0) is 11.4 Å². The number of benzene rings is 4. The molecule has 5 nitrogen and oxygen atoms in total. The Hall–Kier alpha value is -4.16. The van der Waals surface area contributed by atoms with Gasteiger partial charge in [-0.1, -0.05) is 84.9 Å². The van der Waals surface area contributed by atoms with Crippen molar-refractivity contribution in [2.24, 2.45) is 0 Å². The highest BCUT2D eigenvalue weighted by Gasteiger charge is 2.36. The largest absolute Gasteiger partial charge is 0.489 e. The van der Waals surface area contributed by atoms with Crippen LogP contribution in [0.3, 0.4) is 0 Å². The van der Waals surface area contributed by atoms with E-state index in [9.17, 15) is 14.4 Å². The number of Topliss-reactive ketones (excluding diaryl/α,β-unsaturated/α-hetero) is 1. The van der Waals surface area contributed by atoms with Crippen molar-refractivity contribution in [3.63, 3.8) is 0 Å². The maximum Gasteiger partial charge on any atom is 0.293 e. The summed E-state index contributed by atoms with van der Waals surface area (Å²) in [6.45, 7) is 0.169. The fourth-order valence-corrected chi connectivity index (χ4v) is 4.72. The summed E-state index contributed by atoms with van der Waals surface area (Å²) in [6, 6.07) is 30.3. The van der Waals surface area contributed by atoms with Gasteiger partial charge in [0.05, 0.1) is 11.4 Å². The summed E-state index contributed by atoms with van der Waals surface area (Å²) in [6.07, 6.45) is 1.66. The number of carbonyl (C=O) groups excluding carboxylic acids is 3. The van der Waals surface area contributed by atoms with Crippen LogP contribution < -0.4 is 4.74 Å². The molecule has 0 bridgehead atoms. The number of hydrogen-bond acceptors (Lipinski definition) is 5. The number of amides is 2. The fraction of sp³-hybridized carbons (Fsp3) is 0.0690. The molecule has 2 amide bonds. The van der Waals surface area contributed by atoms with Crippen LogP contribution in [0.15, 0.2) is 102 Å². The molecule has 1 saturated heterocycles. The van der Waals surface area contributed by atoms with Crippen molar-refractivity contribution < 1.29 is 19.1 Å². The van der Waals surface area contributed by atoms with Crippen LogP contribution in [0.2, 0.25) is 0 Å². The summed E-state index contributed by atoms with van der Waals surface area (Å²) in [4.78, 5) is 38.9. The molecule has 1 fully saturated rings. The minimum Gasteiger partial charge on any atom is -0.489 e. The molecule has 0 saturated carbocycles. The van der Waals surface area contributed by atoms with Gasteiger partial charge in [0.1, 0.15) is 12.4 Å². The van der Waals surface area contributed by atoms with Gasteiger partial charge in [-0.05, 0) is 51.9 Å². The van der Waals surface area contributed by atoms with Gasteiger partial charge in [-0.25, -0.2) is 0 Å². The number of nitrogens with zero attached hydrogens (tertiary/aromatic N) is 1. The Labute approximate surface area is 207 Å². The summed E-state index contributed by atoms with van der Waals surface area (Å²) < 4.78 is 5.97. The topological polar surface area (TPSA) is 63.7 Å². The number of hydrogen-bond donors (Lipinski definition) is 0. The summed E-state index contributed by atoms with van der Waals surface area (Å²) in [5.74, 6) is -0.0287. The highest BCUT2D eigenvalue weighted by molar-refractivity contribution is 8.18. The lowest BCUT2D eigenvalue weighted by molar-refractivity contribution is -0.122. The number of ketones is 1. The Bertz CT molecular complexity index is 1440. The van der Waals surface area contributed by atoms with Crippen LogP contribution in [0.25, 0.3) is 16.8 Å². The van der Waals surface area contributed by atoms with Gasteiger partial charge >= 0.3 is 0 Å². The fourth-order valence-electron chi connectivity index (χ4n) is 3.89. The highest BCUT2D eigenvalue weighted by Crippen LogP contribution is 2.32. The van der Waals surface area contributed by atoms with E-state index in [1.807, 2.05) is 42.5 Å². The van der Waals surface area contributed by atoms with Gasteiger partial charge in [0, 0.05) is 5.56 Å².